The zero-order valence-corrected chi connectivity index (χ0v) is 15.2. The van der Waals surface area contributed by atoms with E-state index in [0.717, 1.165) is 44.5 Å². The van der Waals surface area contributed by atoms with Gasteiger partial charge in [0.15, 0.2) is 0 Å². The Morgan fingerprint density at radius 1 is 1.00 bits per heavy atom. The van der Waals surface area contributed by atoms with Gasteiger partial charge in [-0.05, 0) is 54.8 Å². The van der Waals surface area contributed by atoms with Gasteiger partial charge < -0.3 is 15.6 Å². The molecule has 2 amide bonds. The number of aryl methyl sites for hydroxylation is 2. The number of carbonyl (C=O) groups is 1. The van der Waals surface area contributed by atoms with Crippen molar-refractivity contribution in [2.75, 3.05) is 10.6 Å². The number of aromatic nitrogens is 2. The molecule has 27 heavy (non-hydrogen) atoms. The van der Waals surface area contributed by atoms with Crippen molar-refractivity contribution in [2.24, 2.45) is 0 Å². The summed E-state index contributed by atoms with van der Waals surface area (Å²) in [5.41, 5.74) is 6.88. The first-order valence-corrected chi connectivity index (χ1v) is 8.77. The number of hydrogen-bond acceptors (Lipinski definition) is 2. The maximum Gasteiger partial charge on any atom is 0.323 e. The molecule has 0 atom stereocenters. The minimum absolute atomic E-state index is 0.255. The number of hydrogen-bond donors (Lipinski definition) is 3. The molecule has 5 nitrogen and oxygen atoms in total. The summed E-state index contributed by atoms with van der Waals surface area (Å²) in [4.78, 5) is 19.7. The first kappa shape index (κ1) is 16.8. The maximum atomic E-state index is 12.3. The molecule has 5 heteroatoms. The molecule has 0 bridgehead atoms. The Morgan fingerprint density at radius 2 is 1.81 bits per heavy atom. The fraction of sp³-hybridized carbons (Fsp3) is 0.0909. The largest absolute Gasteiger partial charge is 0.359 e. The van der Waals surface area contributed by atoms with Gasteiger partial charge in [0.25, 0.3) is 0 Å². The molecule has 0 aliphatic carbocycles. The van der Waals surface area contributed by atoms with E-state index in [-0.39, 0.29) is 6.03 Å². The van der Waals surface area contributed by atoms with Crippen molar-refractivity contribution in [3.8, 4) is 11.1 Å². The molecule has 0 aliphatic heterocycles. The Kier molecular flexibility index (Phi) is 4.34. The minimum Gasteiger partial charge on any atom is -0.359 e. The molecule has 0 radical (unpaired) electrons. The highest BCUT2D eigenvalue weighted by Gasteiger charge is 2.08. The van der Waals surface area contributed by atoms with Gasteiger partial charge in [0, 0.05) is 34.7 Å². The van der Waals surface area contributed by atoms with Crippen LogP contribution in [0.25, 0.3) is 22.0 Å². The zero-order chi connectivity index (χ0) is 18.8. The van der Waals surface area contributed by atoms with Crippen molar-refractivity contribution in [3.05, 3.63) is 78.2 Å². The molecule has 2 aromatic carbocycles. The van der Waals surface area contributed by atoms with Gasteiger partial charge in [-0.25, -0.2) is 4.79 Å². The summed E-state index contributed by atoms with van der Waals surface area (Å²) in [6, 6.07) is 15.5. The summed E-state index contributed by atoms with van der Waals surface area (Å²) in [6.07, 6.45) is 5.57. The van der Waals surface area contributed by atoms with Crippen LogP contribution in [-0.2, 0) is 0 Å². The van der Waals surface area contributed by atoms with Gasteiger partial charge in [-0.15, -0.1) is 0 Å². The highest BCUT2D eigenvalue weighted by Crippen LogP contribution is 2.28. The highest BCUT2D eigenvalue weighted by molar-refractivity contribution is 6.00. The SMILES string of the molecule is Cc1ccc(C)c(NC(=O)Nc2ccc(-c3c[nH]c4cnccc34)cc2)c1. The Hall–Kier alpha value is -3.60. The average molecular weight is 356 g/mol. The summed E-state index contributed by atoms with van der Waals surface area (Å²) in [5, 5.41) is 6.91. The average Bonchev–Trinajstić information content (AvgIpc) is 3.09. The molecule has 0 unspecified atom stereocenters. The van der Waals surface area contributed by atoms with Crippen LogP contribution < -0.4 is 10.6 Å². The first-order valence-electron chi connectivity index (χ1n) is 8.77. The quantitative estimate of drug-likeness (QED) is 0.454. The molecule has 0 spiro atoms. The van der Waals surface area contributed by atoms with E-state index < -0.39 is 0 Å². The van der Waals surface area contributed by atoms with Gasteiger partial charge >= 0.3 is 6.03 Å². The molecular weight excluding hydrogens is 336 g/mol. The highest BCUT2D eigenvalue weighted by atomic mass is 16.2. The third-order valence-electron chi connectivity index (χ3n) is 4.58. The maximum absolute atomic E-state index is 12.3. The Labute approximate surface area is 157 Å². The van der Waals surface area contributed by atoms with Crippen molar-refractivity contribution < 1.29 is 4.79 Å². The number of nitrogens with zero attached hydrogens (tertiary/aromatic N) is 1. The molecule has 2 heterocycles. The van der Waals surface area contributed by atoms with Gasteiger partial charge in [-0.2, -0.15) is 0 Å². The second-order valence-corrected chi connectivity index (χ2v) is 6.60. The van der Waals surface area contributed by atoms with Gasteiger partial charge in [0.05, 0.1) is 11.7 Å². The van der Waals surface area contributed by atoms with Crippen LogP contribution in [0.15, 0.2) is 67.1 Å². The van der Waals surface area contributed by atoms with E-state index >= 15 is 0 Å². The normalized spacial score (nSPS) is 10.7. The summed E-state index contributed by atoms with van der Waals surface area (Å²) in [5.74, 6) is 0. The molecule has 2 aromatic heterocycles. The van der Waals surface area contributed by atoms with Crippen LogP contribution >= 0.6 is 0 Å². The first-order chi connectivity index (χ1) is 13.1. The van der Waals surface area contributed by atoms with E-state index in [4.69, 9.17) is 0 Å². The fourth-order valence-corrected chi connectivity index (χ4v) is 3.10. The lowest BCUT2D eigenvalue weighted by atomic mass is 10.1. The lowest BCUT2D eigenvalue weighted by molar-refractivity contribution is 0.262. The van der Waals surface area contributed by atoms with Gasteiger partial charge in [0.2, 0.25) is 0 Å². The Balaban J connectivity index is 1.49. The molecule has 134 valence electrons. The monoisotopic (exact) mass is 356 g/mol. The van der Waals surface area contributed by atoms with Crippen molar-refractivity contribution in [2.45, 2.75) is 13.8 Å². The Bertz CT molecular complexity index is 1110. The van der Waals surface area contributed by atoms with E-state index in [2.05, 4.69) is 20.6 Å². The second-order valence-electron chi connectivity index (χ2n) is 6.60. The lowest BCUT2D eigenvalue weighted by Crippen LogP contribution is -2.20. The third kappa shape index (κ3) is 3.53. The van der Waals surface area contributed by atoms with Crippen LogP contribution in [0.3, 0.4) is 0 Å². The molecule has 3 N–H and O–H groups in total. The van der Waals surface area contributed by atoms with Crippen molar-refractivity contribution in [1.29, 1.82) is 0 Å². The molecule has 0 aliphatic rings. The van der Waals surface area contributed by atoms with Crippen LogP contribution in [0, 0.1) is 13.8 Å². The van der Waals surface area contributed by atoms with E-state index in [1.165, 1.54) is 0 Å². The summed E-state index contributed by atoms with van der Waals surface area (Å²) >= 11 is 0. The van der Waals surface area contributed by atoms with Crippen LogP contribution in [0.2, 0.25) is 0 Å². The van der Waals surface area contributed by atoms with Crippen LogP contribution in [0.5, 0.6) is 0 Å². The Morgan fingerprint density at radius 3 is 2.63 bits per heavy atom. The van der Waals surface area contributed by atoms with Crippen molar-refractivity contribution in [3.63, 3.8) is 0 Å². The summed E-state index contributed by atoms with van der Waals surface area (Å²) < 4.78 is 0. The van der Waals surface area contributed by atoms with Crippen LogP contribution in [0.4, 0.5) is 16.2 Å². The lowest BCUT2D eigenvalue weighted by Gasteiger charge is -2.11. The number of carbonyl (C=O) groups excluding carboxylic acids is 1. The number of benzene rings is 2. The number of rotatable bonds is 3. The fourth-order valence-electron chi connectivity index (χ4n) is 3.10. The molecule has 0 fully saturated rings. The number of H-pyrrole nitrogens is 1. The van der Waals surface area contributed by atoms with Crippen molar-refractivity contribution >= 4 is 28.3 Å². The molecule has 0 saturated carbocycles. The van der Waals surface area contributed by atoms with Gasteiger partial charge in [-0.3, -0.25) is 4.98 Å². The molecular formula is C22H20N4O. The number of anilines is 2. The number of pyridine rings is 1. The minimum atomic E-state index is -0.255. The smallest absolute Gasteiger partial charge is 0.323 e. The number of fused-ring (bicyclic) bond motifs is 1. The number of aromatic amines is 1. The van der Waals surface area contributed by atoms with Gasteiger partial charge in [0.1, 0.15) is 0 Å². The van der Waals surface area contributed by atoms with Crippen LogP contribution in [0.1, 0.15) is 11.1 Å². The third-order valence-corrected chi connectivity index (χ3v) is 4.58. The predicted octanol–water partition coefficient (Wildman–Crippen LogP) is 5.49. The standard InChI is InChI=1S/C22H20N4O/c1-14-3-4-15(2)20(11-14)26-22(27)25-17-7-5-16(6-8-17)19-12-24-21-13-23-10-9-18(19)21/h3-13,24H,1-2H3,(H2,25,26,27). The van der Waals surface area contributed by atoms with E-state index in [1.807, 2.05) is 74.8 Å². The molecule has 4 rings (SSSR count). The predicted molar refractivity (Wildman–Crippen MR) is 110 cm³/mol. The van der Waals surface area contributed by atoms with E-state index in [9.17, 15) is 4.79 Å². The number of urea groups is 1. The molecule has 4 aromatic rings. The zero-order valence-electron chi connectivity index (χ0n) is 15.2. The topological polar surface area (TPSA) is 69.8 Å². The summed E-state index contributed by atoms with van der Waals surface area (Å²) in [6.45, 7) is 3.97. The molecule has 0 saturated heterocycles. The van der Waals surface area contributed by atoms with Crippen LogP contribution in [-0.4, -0.2) is 16.0 Å². The second kappa shape index (κ2) is 6.96. The number of nitrogens with one attached hydrogen (secondary N) is 3. The van der Waals surface area contributed by atoms with E-state index in [1.54, 1.807) is 6.20 Å². The van der Waals surface area contributed by atoms with Crippen molar-refractivity contribution in [1.82, 2.24) is 9.97 Å². The summed E-state index contributed by atoms with van der Waals surface area (Å²) in [7, 11) is 0. The number of amides is 2. The van der Waals surface area contributed by atoms with Gasteiger partial charge in [-0.1, -0.05) is 24.3 Å². The van der Waals surface area contributed by atoms with E-state index in [0.29, 0.717) is 0 Å².